The van der Waals surface area contributed by atoms with Crippen molar-refractivity contribution >= 4 is 21.6 Å². The lowest BCUT2D eigenvalue weighted by Crippen LogP contribution is -1.93. The Morgan fingerprint density at radius 1 is 1.17 bits per heavy atom. The van der Waals surface area contributed by atoms with E-state index in [9.17, 15) is 0 Å². The van der Waals surface area contributed by atoms with Crippen LogP contribution in [0.1, 0.15) is 11.1 Å². The first-order valence-corrected chi connectivity index (χ1v) is 7.90. The lowest BCUT2D eigenvalue weighted by Gasteiger charge is -2.08. The van der Waals surface area contributed by atoms with E-state index in [0.29, 0.717) is 6.42 Å². The van der Waals surface area contributed by atoms with Crippen LogP contribution in [0.2, 0.25) is 0 Å². The number of rotatable bonds is 5. The molecule has 0 aliphatic rings. The van der Waals surface area contributed by atoms with Crippen molar-refractivity contribution < 1.29 is 5.11 Å². The second-order valence-electron chi connectivity index (χ2n) is 3.92. The maximum absolute atomic E-state index is 9.07. The van der Waals surface area contributed by atoms with Crippen LogP contribution < -0.4 is 0 Å². The Bertz CT molecular complexity index is 502. The predicted octanol–water partition coefficient (Wildman–Crippen LogP) is 3.72. The molecule has 1 aromatic heterocycles. The maximum atomic E-state index is 9.07. The van der Waals surface area contributed by atoms with Crippen LogP contribution in [0.25, 0.3) is 0 Å². The van der Waals surface area contributed by atoms with Gasteiger partial charge in [0, 0.05) is 17.7 Å². The van der Waals surface area contributed by atoms with Crippen molar-refractivity contribution in [1.29, 1.82) is 0 Å². The van der Waals surface area contributed by atoms with E-state index in [-0.39, 0.29) is 6.61 Å². The molecule has 0 bridgehead atoms. The van der Waals surface area contributed by atoms with Crippen LogP contribution in [0, 0.1) is 6.92 Å². The summed E-state index contributed by atoms with van der Waals surface area (Å²) in [7, 11) is 3.34. The lowest BCUT2D eigenvalue weighted by molar-refractivity contribution is 0.299. The number of hydrogen-bond acceptors (Lipinski definition) is 4. The topological polar surface area (TPSA) is 33.1 Å². The summed E-state index contributed by atoms with van der Waals surface area (Å²) in [5, 5.41) is 10.1. The van der Waals surface area contributed by atoms with Crippen molar-refractivity contribution in [3.05, 3.63) is 53.7 Å². The van der Waals surface area contributed by atoms with Crippen LogP contribution in [0.4, 0.5) is 0 Å². The summed E-state index contributed by atoms with van der Waals surface area (Å²) in [6.45, 7) is 2.27. The molecule has 0 atom stereocenters. The monoisotopic (exact) mass is 277 g/mol. The number of hydrogen-bond donors (Lipinski definition) is 1. The van der Waals surface area contributed by atoms with Crippen LogP contribution >= 0.6 is 21.6 Å². The molecule has 0 saturated carbocycles. The van der Waals surface area contributed by atoms with Gasteiger partial charge in [0.2, 0.25) is 0 Å². The molecule has 0 spiro atoms. The van der Waals surface area contributed by atoms with Gasteiger partial charge in [-0.15, -0.1) is 0 Å². The fourth-order valence-corrected chi connectivity index (χ4v) is 3.76. The average molecular weight is 277 g/mol. The number of aryl methyl sites for hydroxylation is 1. The predicted molar refractivity (Wildman–Crippen MR) is 77.9 cm³/mol. The molecule has 2 rings (SSSR count). The van der Waals surface area contributed by atoms with E-state index in [2.05, 4.69) is 30.1 Å². The van der Waals surface area contributed by atoms with Gasteiger partial charge in [0.05, 0.1) is 0 Å². The number of aromatic nitrogens is 1. The number of aliphatic hydroxyl groups excluding tert-OH is 1. The minimum atomic E-state index is 0.185. The van der Waals surface area contributed by atoms with Crippen LogP contribution in [0.3, 0.4) is 0 Å². The smallest absolute Gasteiger partial charge is 0.107 e. The highest BCUT2D eigenvalue weighted by molar-refractivity contribution is 8.76. The molecule has 0 unspecified atom stereocenters. The number of aliphatic hydroxyl groups is 1. The SMILES string of the molecule is Cc1ccc(CCO)c(SSc2ccccn2)c1. The molecular weight excluding hydrogens is 262 g/mol. The molecule has 2 nitrogen and oxygen atoms in total. The zero-order valence-electron chi connectivity index (χ0n) is 10.2. The molecule has 94 valence electrons. The molecule has 18 heavy (non-hydrogen) atoms. The molecule has 0 aliphatic carbocycles. The van der Waals surface area contributed by atoms with Crippen LogP contribution in [0.5, 0.6) is 0 Å². The number of pyridine rings is 1. The van der Waals surface area contributed by atoms with E-state index >= 15 is 0 Å². The highest BCUT2D eigenvalue weighted by atomic mass is 33.1. The van der Waals surface area contributed by atoms with Gasteiger partial charge in [0.25, 0.3) is 0 Å². The second-order valence-corrected chi connectivity index (χ2v) is 6.11. The Hall–Kier alpha value is -0.970. The standard InChI is InChI=1S/C14H15NOS2/c1-11-5-6-12(7-9-16)13(10-11)17-18-14-4-2-3-8-15-14/h2-6,8,10,16H,7,9H2,1H3. The molecule has 0 fully saturated rings. The van der Waals surface area contributed by atoms with Crippen molar-refractivity contribution in [2.75, 3.05) is 6.61 Å². The normalized spacial score (nSPS) is 10.6. The molecule has 1 N–H and O–H groups in total. The summed E-state index contributed by atoms with van der Waals surface area (Å²) in [6, 6.07) is 12.2. The Balaban J connectivity index is 2.10. The summed E-state index contributed by atoms with van der Waals surface area (Å²) in [4.78, 5) is 5.49. The number of nitrogens with zero attached hydrogens (tertiary/aromatic N) is 1. The van der Waals surface area contributed by atoms with E-state index in [1.807, 2.05) is 18.2 Å². The molecule has 2 aromatic rings. The quantitative estimate of drug-likeness (QED) is 0.844. The van der Waals surface area contributed by atoms with Crippen molar-refractivity contribution in [2.45, 2.75) is 23.3 Å². The lowest BCUT2D eigenvalue weighted by atomic mass is 10.1. The van der Waals surface area contributed by atoms with E-state index < -0.39 is 0 Å². The molecule has 1 aromatic carbocycles. The van der Waals surface area contributed by atoms with Crippen LogP contribution in [-0.2, 0) is 6.42 Å². The Morgan fingerprint density at radius 3 is 2.78 bits per heavy atom. The highest BCUT2D eigenvalue weighted by Gasteiger charge is 2.05. The molecular formula is C14H15NOS2. The Morgan fingerprint density at radius 2 is 2.06 bits per heavy atom. The Labute approximate surface area is 115 Å². The van der Waals surface area contributed by atoms with E-state index in [0.717, 1.165) is 5.03 Å². The molecule has 0 radical (unpaired) electrons. The fourth-order valence-electron chi connectivity index (χ4n) is 1.55. The highest BCUT2D eigenvalue weighted by Crippen LogP contribution is 2.38. The first-order chi connectivity index (χ1) is 8.79. The third-order valence-electron chi connectivity index (χ3n) is 2.46. The average Bonchev–Trinajstić information content (AvgIpc) is 2.40. The second kappa shape index (κ2) is 6.83. The zero-order chi connectivity index (χ0) is 12.8. The molecule has 4 heteroatoms. The van der Waals surface area contributed by atoms with E-state index in [4.69, 9.17) is 5.11 Å². The largest absolute Gasteiger partial charge is 0.396 e. The first-order valence-electron chi connectivity index (χ1n) is 5.75. The van der Waals surface area contributed by atoms with Gasteiger partial charge in [0.15, 0.2) is 0 Å². The van der Waals surface area contributed by atoms with Crippen molar-refractivity contribution in [2.24, 2.45) is 0 Å². The minimum absolute atomic E-state index is 0.185. The van der Waals surface area contributed by atoms with Crippen LogP contribution in [-0.4, -0.2) is 16.7 Å². The zero-order valence-corrected chi connectivity index (χ0v) is 11.8. The summed E-state index contributed by atoms with van der Waals surface area (Å²) in [5.74, 6) is 0. The van der Waals surface area contributed by atoms with Crippen molar-refractivity contribution in [1.82, 2.24) is 4.98 Å². The van der Waals surface area contributed by atoms with Gasteiger partial charge in [-0.3, -0.25) is 0 Å². The molecule has 1 heterocycles. The van der Waals surface area contributed by atoms with Gasteiger partial charge in [-0.05, 0) is 53.5 Å². The third-order valence-corrected chi connectivity index (χ3v) is 4.81. The number of benzene rings is 1. The van der Waals surface area contributed by atoms with Crippen LogP contribution in [0.15, 0.2) is 52.5 Å². The van der Waals surface area contributed by atoms with Crippen molar-refractivity contribution in [3.63, 3.8) is 0 Å². The third kappa shape index (κ3) is 3.77. The summed E-state index contributed by atoms with van der Waals surface area (Å²) in [5.41, 5.74) is 2.43. The van der Waals surface area contributed by atoms with Gasteiger partial charge < -0.3 is 5.11 Å². The molecule has 0 aliphatic heterocycles. The summed E-state index contributed by atoms with van der Waals surface area (Å²) < 4.78 is 0. The summed E-state index contributed by atoms with van der Waals surface area (Å²) in [6.07, 6.45) is 2.50. The van der Waals surface area contributed by atoms with Gasteiger partial charge in [-0.2, -0.15) is 0 Å². The first kappa shape index (κ1) is 13.5. The maximum Gasteiger partial charge on any atom is 0.107 e. The van der Waals surface area contributed by atoms with E-state index in [1.165, 1.54) is 16.0 Å². The molecule has 0 saturated heterocycles. The fraction of sp³-hybridized carbons (Fsp3) is 0.214. The van der Waals surface area contributed by atoms with Gasteiger partial charge in [0.1, 0.15) is 5.03 Å². The van der Waals surface area contributed by atoms with Gasteiger partial charge >= 0.3 is 0 Å². The van der Waals surface area contributed by atoms with Gasteiger partial charge in [-0.25, -0.2) is 4.98 Å². The van der Waals surface area contributed by atoms with Gasteiger partial charge in [-0.1, -0.05) is 29.0 Å². The summed E-state index contributed by atoms with van der Waals surface area (Å²) >= 11 is 0. The molecule has 0 amide bonds. The van der Waals surface area contributed by atoms with E-state index in [1.54, 1.807) is 27.8 Å². The van der Waals surface area contributed by atoms with Crippen molar-refractivity contribution in [3.8, 4) is 0 Å². The minimum Gasteiger partial charge on any atom is -0.396 e. The Kier molecular flexibility index (Phi) is 5.11.